The first-order valence-electron chi connectivity index (χ1n) is 5.32. The van der Waals surface area contributed by atoms with Crippen LogP contribution in [0.3, 0.4) is 0 Å². The molecule has 0 heterocycles. The lowest BCUT2D eigenvalue weighted by Crippen LogP contribution is -2.35. The van der Waals surface area contributed by atoms with Crippen LogP contribution in [-0.2, 0) is 4.79 Å². The molecule has 1 unspecified atom stereocenters. The number of amides is 1. The summed E-state index contributed by atoms with van der Waals surface area (Å²) in [6.45, 7) is 8.36. The molecule has 0 rings (SSSR count). The molecule has 0 radical (unpaired) electrons. The Kier molecular flexibility index (Phi) is 8.24. The van der Waals surface area contributed by atoms with Crippen molar-refractivity contribution in [1.29, 1.82) is 0 Å². The minimum atomic E-state index is 0.0561. The standard InChI is InChI=1S/C11H22N2O/c1-4-6-7-8-13-11(14)10(3)9-12-5-2/h4,6,10,12H,5,7-9H2,1-3H3,(H,13,14)/b6-4+. The first-order chi connectivity index (χ1) is 6.72. The number of rotatable bonds is 7. The topological polar surface area (TPSA) is 41.1 Å². The highest BCUT2D eigenvalue weighted by molar-refractivity contribution is 5.78. The lowest BCUT2D eigenvalue weighted by Gasteiger charge is -2.11. The van der Waals surface area contributed by atoms with Gasteiger partial charge in [0, 0.05) is 19.0 Å². The normalized spacial score (nSPS) is 13.1. The van der Waals surface area contributed by atoms with Gasteiger partial charge in [0.25, 0.3) is 0 Å². The fourth-order valence-corrected chi connectivity index (χ4v) is 1.07. The SMILES string of the molecule is C/C=C/CCNC(=O)C(C)CNCC. The molecule has 0 aliphatic rings. The van der Waals surface area contributed by atoms with Gasteiger partial charge in [-0.3, -0.25) is 4.79 Å². The van der Waals surface area contributed by atoms with Crippen molar-refractivity contribution in [2.24, 2.45) is 5.92 Å². The van der Waals surface area contributed by atoms with Gasteiger partial charge in [0.05, 0.1) is 0 Å². The van der Waals surface area contributed by atoms with Gasteiger partial charge in [0.15, 0.2) is 0 Å². The molecule has 0 fully saturated rings. The maximum Gasteiger partial charge on any atom is 0.224 e. The molecule has 0 saturated heterocycles. The van der Waals surface area contributed by atoms with E-state index in [9.17, 15) is 4.79 Å². The van der Waals surface area contributed by atoms with E-state index in [1.807, 2.05) is 26.8 Å². The van der Waals surface area contributed by atoms with Crippen molar-refractivity contribution in [2.45, 2.75) is 27.2 Å². The second-order valence-electron chi connectivity index (χ2n) is 3.36. The summed E-state index contributed by atoms with van der Waals surface area (Å²) in [5.74, 6) is 0.191. The lowest BCUT2D eigenvalue weighted by atomic mass is 10.1. The highest BCUT2D eigenvalue weighted by Crippen LogP contribution is 1.92. The van der Waals surface area contributed by atoms with E-state index in [0.717, 1.165) is 26.1 Å². The van der Waals surface area contributed by atoms with Crippen LogP contribution < -0.4 is 10.6 Å². The maximum absolute atomic E-state index is 11.4. The predicted molar refractivity (Wildman–Crippen MR) is 60.1 cm³/mol. The third-order valence-corrected chi connectivity index (χ3v) is 1.99. The van der Waals surface area contributed by atoms with Crippen molar-refractivity contribution in [1.82, 2.24) is 10.6 Å². The van der Waals surface area contributed by atoms with Gasteiger partial charge in [0.1, 0.15) is 0 Å². The molecule has 3 nitrogen and oxygen atoms in total. The van der Waals surface area contributed by atoms with E-state index < -0.39 is 0 Å². The lowest BCUT2D eigenvalue weighted by molar-refractivity contribution is -0.124. The zero-order chi connectivity index (χ0) is 10.8. The average molecular weight is 198 g/mol. The molecule has 0 aliphatic carbocycles. The van der Waals surface area contributed by atoms with E-state index in [4.69, 9.17) is 0 Å². The summed E-state index contributed by atoms with van der Waals surface area (Å²) in [5.41, 5.74) is 0. The minimum Gasteiger partial charge on any atom is -0.356 e. The van der Waals surface area contributed by atoms with E-state index in [2.05, 4.69) is 16.7 Å². The summed E-state index contributed by atoms with van der Waals surface area (Å²) in [5, 5.41) is 6.05. The van der Waals surface area contributed by atoms with E-state index in [1.165, 1.54) is 0 Å². The van der Waals surface area contributed by atoms with E-state index in [0.29, 0.717) is 0 Å². The second-order valence-corrected chi connectivity index (χ2v) is 3.36. The molecule has 1 atom stereocenters. The van der Waals surface area contributed by atoms with Gasteiger partial charge in [0.2, 0.25) is 5.91 Å². The number of carbonyl (C=O) groups is 1. The molecule has 0 aromatic rings. The fourth-order valence-electron chi connectivity index (χ4n) is 1.07. The van der Waals surface area contributed by atoms with Crippen LogP contribution >= 0.6 is 0 Å². The van der Waals surface area contributed by atoms with E-state index in [-0.39, 0.29) is 11.8 Å². The fraction of sp³-hybridized carbons (Fsp3) is 0.727. The molecule has 0 saturated carbocycles. The molecule has 0 aromatic carbocycles. The highest BCUT2D eigenvalue weighted by Gasteiger charge is 2.10. The summed E-state index contributed by atoms with van der Waals surface area (Å²) in [4.78, 5) is 11.4. The van der Waals surface area contributed by atoms with Crippen molar-refractivity contribution in [3.05, 3.63) is 12.2 Å². The van der Waals surface area contributed by atoms with E-state index in [1.54, 1.807) is 0 Å². The summed E-state index contributed by atoms with van der Waals surface area (Å²) >= 11 is 0. The third kappa shape index (κ3) is 6.66. The van der Waals surface area contributed by atoms with Gasteiger partial charge in [-0.2, -0.15) is 0 Å². The zero-order valence-corrected chi connectivity index (χ0v) is 9.47. The number of carbonyl (C=O) groups excluding carboxylic acids is 1. The summed E-state index contributed by atoms with van der Waals surface area (Å²) in [6, 6.07) is 0. The highest BCUT2D eigenvalue weighted by atomic mass is 16.1. The van der Waals surface area contributed by atoms with Gasteiger partial charge in [-0.05, 0) is 19.9 Å². The van der Waals surface area contributed by atoms with Crippen LogP contribution in [0.25, 0.3) is 0 Å². The van der Waals surface area contributed by atoms with Crippen molar-refractivity contribution < 1.29 is 4.79 Å². The van der Waals surface area contributed by atoms with E-state index >= 15 is 0 Å². The van der Waals surface area contributed by atoms with Crippen molar-refractivity contribution in [3.8, 4) is 0 Å². The smallest absolute Gasteiger partial charge is 0.224 e. The van der Waals surface area contributed by atoms with Crippen LogP contribution in [0.5, 0.6) is 0 Å². The largest absolute Gasteiger partial charge is 0.356 e. The Morgan fingerprint density at radius 3 is 2.79 bits per heavy atom. The van der Waals surface area contributed by atoms with Gasteiger partial charge < -0.3 is 10.6 Å². The molecular formula is C11H22N2O. The molecule has 1 amide bonds. The number of allylic oxidation sites excluding steroid dienone is 1. The van der Waals surface area contributed by atoms with Gasteiger partial charge in [-0.1, -0.05) is 26.0 Å². The predicted octanol–water partition coefficient (Wildman–Crippen LogP) is 1.31. The Balaban J connectivity index is 3.51. The quantitative estimate of drug-likeness (QED) is 0.478. The second kappa shape index (κ2) is 8.75. The third-order valence-electron chi connectivity index (χ3n) is 1.99. The number of hydrogen-bond donors (Lipinski definition) is 2. The Labute approximate surface area is 87.0 Å². The monoisotopic (exact) mass is 198 g/mol. The Morgan fingerprint density at radius 1 is 1.50 bits per heavy atom. The van der Waals surface area contributed by atoms with Crippen LogP contribution in [0.2, 0.25) is 0 Å². The van der Waals surface area contributed by atoms with Crippen LogP contribution in [0.1, 0.15) is 27.2 Å². The minimum absolute atomic E-state index is 0.0561. The first kappa shape index (κ1) is 13.2. The molecule has 14 heavy (non-hydrogen) atoms. The summed E-state index contributed by atoms with van der Waals surface area (Å²) in [7, 11) is 0. The molecular weight excluding hydrogens is 176 g/mol. The Bertz CT molecular complexity index is 178. The number of nitrogens with one attached hydrogen (secondary N) is 2. The molecule has 0 spiro atoms. The molecule has 2 N–H and O–H groups in total. The zero-order valence-electron chi connectivity index (χ0n) is 9.47. The van der Waals surface area contributed by atoms with Gasteiger partial charge in [-0.15, -0.1) is 0 Å². The Morgan fingerprint density at radius 2 is 2.21 bits per heavy atom. The molecule has 82 valence electrons. The van der Waals surface area contributed by atoms with Crippen LogP contribution in [0.15, 0.2) is 12.2 Å². The summed E-state index contributed by atoms with van der Waals surface area (Å²) in [6.07, 6.45) is 4.96. The van der Waals surface area contributed by atoms with Crippen LogP contribution in [0.4, 0.5) is 0 Å². The van der Waals surface area contributed by atoms with Crippen LogP contribution in [0, 0.1) is 5.92 Å². The molecule has 0 aliphatic heterocycles. The van der Waals surface area contributed by atoms with Gasteiger partial charge >= 0.3 is 0 Å². The molecule has 0 aromatic heterocycles. The molecule has 0 bridgehead atoms. The first-order valence-corrected chi connectivity index (χ1v) is 5.32. The maximum atomic E-state index is 11.4. The number of hydrogen-bond acceptors (Lipinski definition) is 2. The van der Waals surface area contributed by atoms with Gasteiger partial charge in [-0.25, -0.2) is 0 Å². The van der Waals surface area contributed by atoms with Crippen molar-refractivity contribution >= 4 is 5.91 Å². The van der Waals surface area contributed by atoms with Crippen molar-refractivity contribution in [2.75, 3.05) is 19.6 Å². The van der Waals surface area contributed by atoms with Crippen molar-refractivity contribution in [3.63, 3.8) is 0 Å². The summed E-state index contributed by atoms with van der Waals surface area (Å²) < 4.78 is 0. The average Bonchev–Trinajstić information content (AvgIpc) is 2.20. The molecule has 3 heteroatoms. The van der Waals surface area contributed by atoms with Crippen LogP contribution in [-0.4, -0.2) is 25.5 Å². The Hall–Kier alpha value is -0.830.